The number of fused-ring (bicyclic) bond motifs is 1. The number of piperazine rings is 1. The minimum Gasteiger partial charge on any atom is -0.335 e. The molecule has 0 bridgehead atoms. The summed E-state index contributed by atoms with van der Waals surface area (Å²) in [6.07, 6.45) is -7.24. The van der Waals surface area contributed by atoms with Crippen LogP contribution in [-0.4, -0.2) is 57.6 Å². The molecule has 0 saturated carbocycles. The van der Waals surface area contributed by atoms with E-state index in [1.54, 1.807) is 10.7 Å². The van der Waals surface area contributed by atoms with E-state index >= 15 is 0 Å². The fraction of sp³-hybridized carbons (Fsp3) is 0.476. The second-order valence-corrected chi connectivity index (χ2v) is 8.08. The Morgan fingerprint density at radius 3 is 1.79 bits per heavy atom. The minimum atomic E-state index is -5.04. The molecule has 0 atom stereocenters. The molecule has 2 aromatic rings. The van der Waals surface area contributed by atoms with Crippen LogP contribution in [0.3, 0.4) is 0 Å². The molecule has 6 nitrogen and oxygen atoms in total. The van der Waals surface area contributed by atoms with Crippen LogP contribution in [0.25, 0.3) is 0 Å². The first-order valence-electron chi connectivity index (χ1n) is 10.4. The number of rotatable bonds is 2. The Morgan fingerprint density at radius 1 is 0.727 bits per heavy atom. The second-order valence-electron chi connectivity index (χ2n) is 8.08. The highest BCUT2D eigenvalue weighted by Crippen LogP contribution is 2.36. The van der Waals surface area contributed by atoms with Crippen LogP contribution >= 0.6 is 0 Å². The predicted octanol–water partition coefficient (Wildman–Crippen LogP) is 3.86. The zero-order valence-corrected chi connectivity index (χ0v) is 17.3. The summed E-state index contributed by atoms with van der Waals surface area (Å²) in [6.45, 7) is 0.892. The Kier molecular flexibility index (Phi) is 5.87. The molecule has 0 radical (unpaired) electrons. The van der Waals surface area contributed by atoms with Crippen molar-refractivity contribution in [2.45, 2.75) is 38.2 Å². The summed E-state index contributed by atoms with van der Waals surface area (Å²) in [7, 11) is 0. The van der Waals surface area contributed by atoms with Crippen molar-refractivity contribution in [1.82, 2.24) is 19.6 Å². The van der Waals surface area contributed by atoms with Gasteiger partial charge in [-0.25, -0.2) is 0 Å². The van der Waals surface area contributed by atoms with Crippen molar-refractivity contribution < 1.29 is 35.9 Å². The van der Waals surface area contributed by atoms with Gasteiger partial charge < -0.3 is 9.80 Å². The molecule has 1 saturated heterocycles. The maximum Gasteiger partial charge on any atom is 0.416 e. The third-order valence-corrected chi connectivity index (χ3v) is 5.82. The quantitative estimate of drug-likeness (QED) is 0.622. The average Bonchev–Trinajstić information content (AvgIpc) is 3.21. The monoisotopic (exact) mass is 474 g/mol. The van der Waals surface area contributed by atoms with Gasteiger partial charge in [0.15, 0.2) is 5.69 Å². The van der Waals surface area contributed by atoms with E-state index in [-0.39, 0.29) is 38.2 Å². The molecule has 4 rings (SSSR count). The minimum absolute atomic E-state index is 0.0160. The number of aryl methyl sites for hydroxylation is 2. The van der Waals surface area contributed by atoms with Crippen LogP contribution in [0, 0.1) is 0 Å². The highest BCUT2D eigenvalue weighted by atomic mass is 19.4. The summed E-state index contributed by atoms with van der Waals surface area (Å²) < 4.78 is 80.3. The first-order valence-corrected chi connectivity index (χ1v) is 10.4. The molecule has 1 aromatic heterocycles. The number of benzene rings is 1. The first-order chi connectivity index (χ1) is 15.4. The molecule has 178 valence electrons. The number of hydrogen-bond donors (Lipinski definition) is 0. The van der Waals surface area contributed by atoms with Crippen LogP contribution < -0.4 is 0 Å². The Bertz CT molecular complexity index is 1010. The van der Waals surface area contributed by atoms with Crippen molar-refractivity contribution >= 4 is 11.8 Å². The number of nitrogens with zero attached hydrogens (tertiary/aromatic N) is 4. The van der Waals surface area contributed by atoms with Crippen LogP contribution in [0.5, 0.6) is 0 Å². The molecule has 0 spiro atoms. The molecule has 2 aliphatic heterocycles. The van der Waals surface area contributed by atoms with Gasteiger partial charge in [0.1, 0.15) is 0 Å². The summed E-state index contributed by atoms with van der Waals surface area (Å²) in [5, 5.41) is 4.32. The highest BCUT2D eigenvalue weighted by molar-refractivity contribution is 5.95. The number of hydrogen-bond acceptors (Lipinski definition) is 3. The van der Waals surface area contributed by atoms with Gasteiger partial charge in [0.25, 0.3) is 11.8 Å². The molecule has 0 unspecified atom stereocenters. The molecule has 33 heavy (non-hydrogen) atoms. The van der Waals surface area contributed by atoms with Gasteiger partial charge in [-0.05, 0) is 43.5 Å². The molecule has 2 amide bonds. The summed E-state index contributed by atoms with van der Waals surface area (Å²) in [6, 6.07) is 2.56. The molecule has 0 N–H and O–H groups in total. The van der Waals surface area contributed by atoms with Crippen LogP contribution in [-0.2, 0) is 25.3 Å². The average molecular weight is 474 g/mol. The predicted molar refractivity (Wildman–Crippen MR) is 103 cm³/mol. The fourth-order valence-electron chi connectivity index (χ4n) is 4.06. The molecular weight excluding hydrogens is 454 g/mol. The number of aromatic nitrogens is 2. The lowest BCUT2D eigenvalue weighted by Gasteiger charge is -2.34. The Hall–Kier alpha value is -3.05. The Morgan fingerprint density at radius 2 is 1.27 bits per heavy atom. The molecule has 2 aliphatic rings. The molecule has 1 fully saturated rings. The normalized spacial score (nSPS) is 17.2. The van der Waals surface area contributed by atoms with Gasteiger partial charge in [0, 0.05) is 44.0 Å². The van der Waals surface area contributed by atoms with E-state index in [9.17, 15) is 35.9 Å². The van der Waals surface area contributed by atoms with E-state index in [0.717, 1.165) is 36.4 Å². The van der Waals surface area contributed by atoms with Crippen molar-refractivity contribution in [2.24, 2.45) is 0 Å². The van der Waals surface area contributed by atoms with E-state index in [1.807, 2.05) is 0 Å². The van der Waals surface area contributed by atoms with Gasteiger partial charge in [-0.2, -0.15) is 31.4 Å². The van der Waals surface area contributed by atoms with Crippen molar-refractivity contribution in [3.63, 3.8) is 0 Å². The summed E-state index contributed by atoms with van der Waals surface area (Å²) in [4.78, 5) is 28.1. The standard InChI is InChI=1S/C21H20F6N4O2/c22-20(23,24)14-9-13(10-15(11-14)21(25,26)27)18(32)29-5-7-30(8-6-29)19(33)17-12-16-3-1-2-4-31(16)28-17/h9-12H,1-8H2. The van der Waals surface area contributed by atoms with E-state index in [2.05, 4.69) is 5.10 Å². The van der Waals surface area contributed by atoms with E-state index in [0.29, 0.717) is 17.8 Å². The van der Waals surface area contributed by atoms with Gasteiger partial charge in [0.2, 0.25) is 0 Å². The highest BCUT2D eigenvalue weighted by Gasteiger charge is 2.38. The number of alkyl halides is 6. The third kappa shape index (κ3) is 4.83. The van der Waals surface area contributed by atoms with Crippen LogP contribution in [0.4, 0.5) is 26.3 Å². The molecule has 12 heteroatoms. The number of amides is 2. The van der Waals surface area contributed by atoms with Crippen molar-refractivity contribution in [3.05, 3.63) is 52.3 Å². The Labute approximate surface area is 184 Å². The van der Waals surface area contributed by atoms with E-state index in [4.69, 9.17) is 0 Å². The lowest BCUT2D eigenvalue weighted by molar-refractivity contribution is -0.143. The first kappa shape index (κ1) is 23.1. The van der Waals surface area contributed by atoms with Crippen LogP contribution in [0.1, 0.15) is 50.5 Å². The summed E-state index contributed by atoms with van der Waals surface area (Å²) in [5.74, 6) is -1.27. The smallest absolute Gasteiger partial charge is 0.335 e. The topological polar surface area (TPSA) is 58.4 Å². The fourth-order valence-corrected chi connectivity index (χ4v) is 4.06. The van der Waals surface area contributed by atoms with Gasteiger partial charge in [0.05, 0.1) is 11.1 Å². The SMILES string of the molecule is O=C(c1cc(C(F)(F)F)cc(C(F)(F)F)c1)N1CCN(C(=O)c2cc3n(n2)CCCC3)CC1. The Balaban J connectivity index is 1.47. The van der Waals surface area contributed by atoms with E-state index < -0.39 is 35.0 Å². The zero-order valence-electron chi connectivity index (χ0n) is 17.3. The van der Waals surface area contributed by atoms with Crippen molar-refractivity contribution in [2.75, 3.05) is 26.2 Å². The summed E-state index contributed by atoms with van der Waals surface area (Å²) in [5.41, 5.74) is -2.52. The van der Waals surface area contributed by atoms with E-state index in [1.165, 1.54) is 4.90 Å². The third-order valence-electron chi connectivity index (χ3n) is 5.82. The lowest BCUT2D eigenvalue weighted by atomic mass is 10.0. The number of halogens is 6. The zero-order chi connectivity index (χ0) is 24.0. The molecule has 0 aliphatic carbocycles. The van der Waals surface area contributed by atoms with Gasteiger partial charge >= 0.3 is 12.4 Å². The summed E-state index contributed by atoms with van der Waals surface area (Å²) >= 11 is 0. The molecular formula is C21H20F6N4O2. The van der Waals surface area contributed by atoms with Gasteiger partial charge in [-0.1, -0.05) is 0 Å². The lowest BCUT2D eigenvalue weighted by Crippen LogP contribution is -2.50. The van der Waals surface area contributed by atoms with Crippen molar-refractivity contribution in [3.8, 4) is 0 Å². The van der Waals surface area contributed by atoms with Crippen molar-refractivity contribution in [1.29, 1.82) is 0 Å². The van der Waals surface area contributed by atoms with Gasteiger partial charge in [-0.3, -0.25) is 14.3 Å². The molecule has 1 aromatic carbocycles. The van der Waals surface area contributed by atoms with Gasteiger partial charge in [-0.15, -0.1) is 0 Å². The second kappa shape index (κ2) is 8.38. The number of carbonyl (C=O) groups excluding carboxylic acids is 2. The largest absolute Gasteiger partial charge is 0.416 e. The number of carbonyl (C=O) groups is 2. The maximum absolute atomic E-state index is 13.1. The van der Waals surface area contributed by atoms with Crippen LogP contribution in [0.2, 0.25) is 0 Å². The molecule has 3 heterocycles. The van der Waals surface area contributed by atoms with Crippen LogP contribution in [0.15, 0.2) is 24.3 Å². The maximum atomic E-state index is 13.1.